The molecule has 3 aromatic carbocycles. The Bertz CT molecular complexity index is 957. The molecule has 1 aliphatic heterocycles. The molecular formula is C23H21FN2O. The molecule has 136 valence electrons. The number of halogens is 1. The van der Waals surface area contributed by atoms with E-state index in [0.29, 0.717) is 0 Å². The number of benzene rings is 3. The van der Waals surface area contributed by atoms with Crippen LogP contribution in [0.15, 0.2) is 78.9 Å². The number of nitrogens with zero attached hydrogens (tertiary/aromatic N) is 1. The lowest BCUT2D eigenvalue weighted by atomic mass is 9.90. The van der Waals surface area contributed by atoms with Crippen molar-refractivity contribution in [2.45, 2.75) is 25.4 Å². The molecule has 3 nitrogen and oxygen atoms in total. The van der Waals surface area contributed by atoms with Crippen molar-refractivity contribution in [3.8, 4) is 0 Å². The summed E-state index contributed by atoms with van der Waals surface area (Å²) < 4.78 is 14.2. The predicted octanol–water partition coefficient (Wildman–Crippen LogP) is 5.42. The number of fused-ring (bicyclic) bond motifs is 1. The van der Waals surface area contributed by atoms with Crippen molar-refractivity contribution in [1.82, 2.24) is 0 Å². The summed E-state index contributed by atoms with van der Waals surface area (Å²) in [5.41, 5.74) is 3.02. The summed E-state index contributed by atoms with van der Waals surface area (Å²) in [5, 5.41) is 3.57. The lowest BCUT2D eigenvalue weighted by molar-refractivity contribution is 0.0970. The Balaban J connectivity index is 1.71. The maximum absolute atomic E-state index is 14.2. The van der Waals surface area contributed by atoms with Crippen LogP contribution in [0.5, 0.6) is 0 Å². The Labute approximate surface area is 158 Å². The molecule has 0 aromatic heterocycles. The fourth-order valence-electron chi connectivity index (χ4n) is 3.76. The molecular weight excluding hydrogens is 339 g/mol. The van der Waals surface area contributed by atoms with Crippen LogP contribution in [-0.2, 0) is 0 Å². The molecule has 0 saturated heterocycles. The molecule has 0 aliphatic carbocycles. The molecule has 1 N–H and O–H groups in total. The first-order chi connectivity index (χ1) is 13.1. The molecule has 0 bridgehead atoms. The van der Waals surface area contributed by atoms with E-state index in [0.717, 1.165) is 23.4 Å². The van der Waals surface area contributed by atoms with Crippen LogP contribution in [0.4, 0.5) is 15.8 Å². The zero-order valence-electron chi connectivity index (χ0n) is 15.1. The van der Waals surface area contributed by atoms with E-state index in [1.165, 1.54) is 6.07 Å². The first-order valence-electron chi connectivity index (χ1n) is 9.14. The van der Waals surface area contributed by atoms with Gasteiger partial charge >= 0.3 is 0 Å². The molecule has 4 rings (SSSR count). The Kier molecular flexibility index (Phi) is 4.63. The van der Waals surface area contributed by atoms with Crippen molar-refractivity contribution in [2.24, 2.45) is 0 Å². The second-order valence-electron chi connectivity index (χ2n) is 6.86. The van der Waals surface area contributed by atoms with Gasteiger partial charge < -0.3 is 10.2 Å². The molecule has 2 atom stereocenters. The van der Waals surface area contributed by atoms with Crippen LogP contribution in [0.2, 0.25) is 0 Å². The summed E-state index contributed by atoms with van der Waals surface area (Å²) in [4.78, 5) is 14.8. The summed E-state index contributed by atoms with van der Waals surface area (Å²) >= 11 is 0. The van der Waals surface area contributed by atoms with E-state index < -0.39 is 5.82 Å². The number of rotatable bonds is 3. The lowest BCUT2D eigenvalue weighted by Gasteiger charge is -2.40. The van der Waals surface area contributed by atoms with Gasteiger partial charge in [0.1, 0.15) is 5.82 Å². The fourth-order valence-corrected chi connectivity index (χ4v) is 3.76. The average Bonchev–Trinajstić information content (AvgIpc) is 2.69. The number of nitrogens with one attached hydrogen (secondary N) is 1. The average molecular weight is 360 g/mol. The maximum Gasteiger partial charge on any atom is 0.261 e. The minimum Gasteiger partial charge on any atom is -0.378 e. The summed E-state index contributed by atoms with van der Waals surface area (Å²) in [5.74, 6) is -0.789. The van der Waals surface area contributed by atoms with E-state index >= 15 is 0 Å². The third-order valence-corrected chi connectivity index (χ3v) is 5.03. The van der Waals surface area contributed by atoms with Crippen LogP contribution in [0.25, 0.3) is 0 Å². The Morgan fingerprint density at radius 3 is 2.41 bits per heavy atom. The zero-order valence-corrected chi connectivity index (χ0v) is 15.1. The highest BCUT2D eigenvalue weighted by atomic mass is 19.1. The molecule has 0 saturated carbocycles. The molecule has 0 radical (unpaired) electrons. The van der Waals surface area contributed by atoms with Gasteiger partial charge in [0.2, 0.25) is 0 Å². The fraction of sp³-hybridized carbons (Fsp3) is 0.174. The van der Waals surface area contributed by atoms with E-state index in [9.17, 15) is 9.18 Å². The van der Waals surface area contributed by atoms with Crippen molar-refractivity contribution < 1.29 is 9.18 Å². The number of carbonyl (C=O) groups excluding carboxylic acids is 1. The monoisotopic (exact) mass is 360 g/mol. The summed E-state index contributed by atoms with van der Waals surface area (Å²) in [6.07, 6.45) is 0.742. The van der Waals surface area contributed by atoms with E-state index in [-0.39, 0.29) is 23.6 Å². The Hall–Kier alpha value is -3.14. The topological polar surface area (TPSA) is 32.3 Å². The lowest BCUT2D eigenvalue weighted by Crippen LogP contribution is -2.44. The van der Waals surface area contributed by atoms with Gasteiger partial charge in [-0.2, -0.15) is 0 Å². The number of para-hydroxylation sites is 2. The van der Waals surface area contributed by atoms with Gasteiger partial charge in [0.15, 0.2) is 0 Å². The molecule has 0 fully saturated rings. The molecule has 1 heterocycles. The third kappa shape index (κ3) is 3.31. The minimum absolute atomic E-state index is 0.0618. The maximum atomic E-state index is 14.2. The molecule has 1 aliphatic rings. The second-order valence-corrected chi connectivity index (χ2v) is 6.86. The van der Waals surface area contributed by atoms with Gasteiger partial charge in [0.25, 0.3) is 5.91 Å². The highest BCUT2D eigenvalue weighted by Gasteiger charge is 2.34. The smallest absolute Gasteiger partial charge is 0.261 e. The van der Waals surface area contributed by atoms with Crippen LogP contribution < -0.4 is 10.2 Å². The number of amides is 1. The van der Waals surface area contributed by atoms with Crippen LogP contribution >= 0.6 is 0 Å². The normalized spacial score (nSPS) is 18.7. The summed E-state index contributed by atoms with van der Waals surface area (Å²) in [7, 11) is 0. The van der Waals surface area contributed by atoms with Crippen LogP contribution in [0.3, 0.4) is 0 Å². The highest BCUT2D eigenvalue weighted by molar-refractivity contribution is 6.07. The van der Waals surface area contributed by atoms with Crippen molar-refractivity contribution in [3.63, 3.8) is 0 Å². The Morgan fingerprint density at radius 1 is 0.963 bits per heavy atom. The number of carbonyl (C=O) groups is 1. The molecule has 1 amide bonds. The van der Waals surface area contributed by atoms with Gasteiger partial charge in [-0.05, 0) is 49.2 Å². The first kappa shape index (κ1) is 17.3. The van der Waals surface area contributed by atoms with Crippen molar-refractivity contribution >= 4 is 17.3 Å². The first-order valence-corrected chi connectivity index (χ1v) is 9.14. The Morgan fingerprint density at radius 2 is 1.63 bits per heavy atom. The summed E-state index contributed by atoms with van der Waals surface area (Å²) in [6.45, 7) is 2.01. The van der Waals surface area contributed by atoms with Gasteiger partial charge in [-0.1, -0.05) is 48.5 Å². The van der Waals surface area contributed by atoms with E-state index in [1.807, 2.05) is 61.5 Å². The zero-order chi connectivity index (χ0) is 18.8. The number of anilines is 2. The van der Waals surface area contributed by atoms with Gasteiger partial charge in [-0.15, -0.1) is 0 Å². The molecule has 0 unspecified atom stereocenters. The third-order valence-electron chi connectivity index (χ3n) is 5.03. The molecule has 4 heteroatoms. The molecule has 0 spiro atoms. The van der Waals surface area contributed by atoms with E-state index in [1.54, 1.807) is 23.1 Å². The standard InChI is InChI=1S/C23H21FN2O/c1-16-15-21(25-17-9-3-2-4-10-17)19-12-6-8-14-22(19)26(16)23(27)18-11-5-7-13-20(18)24/h2-14,16,21,25H,15H2,1H3/t16-,21+/m0/s1. The van der Waals surface area contributed by atoms with Gasteiger partial charge in [-0.25, -0.2) is 4.39 Å². The van der Waals surface area contributed by atoms with Crippen LogP contribution in [-0.4, -0.2) is 11.9 Å². The SMILES string of the molecule is C[C@H]1C[C@@H](Nc2ccccc2)c2ccccc2N1C(=O)c1ccccc1F. The highest BCUT2D eigenvalue weighted by Crippen LogP contribution is 2.39. The molecule has 27 heavy (non-hydrogen) atoms. The van der Waals surface area contributed by atoms with E-state index in [2.05, 4.69) is 5.32 Å². The van der Waals surface area contributed by atoms with Crippen molar-refractivity contribution in [3.05, 3.63) is 95.8 Å². The molecule has 3 aromatic rings. The van der Waals surface area contributed by atoms with E-state index in [4.69, 9.17) is 0 Å². The second kappa shape index (κ2) is 7.23. The van der Waals surface area contributed by atoms with Crippen LogP contribution in [0, 0.1) is 5.82 Å². The van der Waals surface area contributed by atoms with Gasteiger partial charge in [-0.3, -0.25) is 4.79 Å². The van der Waals surface area contributed by atoms with Gasteiger partial charge in [0.05, 0.1) is 11.6 Å². The van der Waals surface area contributed by atoms with Crippen LogP contribution in [0.1, 0.15) is 35.3 Å². The predicted molar refractivity (Wildman–Crippen MR) is 107 cm³/mol. The van der Waals surface area contributed by atoms with Crippen molar-refractivity contribution in [2.75, 3.05) is 10.2 Å². The number of hydrogen-bond acceptors (Lipinski definition) is 2. The largest absolute Gasteiger partial charge is 0.378 e. The minimum atomic E-state index is -0.489. The van der Waals surface area contributed by atoms with Crippen molar-refractivity contribution in [1.29, 1.82) is 0 Å². The number of hydrogen-bond donors (Lipinski definition) is 1. The van der Waals surface area contributed by atoms with Gasteiger partial charge in [0, 0.05) is 17.4 Å². The quantitative estimate of drug-likeness (QED) is 0.676. The summed E-state index contributed by atoms with van der Waals surface area (Å²) in [6, 6.07) is 24.1.